The fourth-order valence-corrected chi connectivity index (χ4v) is 5.16. The lowest BCUT2D eigenvalue weighted by molar-refractivity contribution is -0.0503. The average Bonchev–Trinajstić information content (AvgIpc) is 2.81. The molecule has 1 saturated heterocycles. The van der Waals surface area contributed by atoms with Gasteiger partial charge >= 0.3 is 6.61 Å². The highest BCUT2D eigenvalue weighted by atomic mass is 32.2. The van der Waals surface area contributed by atoms with Gasteiger partial charge in [0.1, 0.15) is 5.75 Å². The molecule has 0 aliphatic carbocycles. The highest BCUT2D eigenvalue weighted by Gasteiger charge is 2.26. The van der Waals surface area contributed by atoms with Gasteiger partial charge in [-0.15, -0.1) is 0 Å². The van der Waals surface area contributed by atoms with Gasteiger partial charge in [0, 0.05) is 31.7 Å². The quantitative estimate of drug-likeness (QED) is 0.552. The first-order valence-electron chi connectivity index (χ1n) is 10.3. The zero-order valence-electron chi connectivity index (χ0n) is 17.3. The van der Waals surface area contributed by atoms with Crippen molar-refractivity contribution in [2.24, 2.45) is 0 Å². The van der Waals surface area contributed by atoms with Gasteiger partial charge in [0.15, 0.2) is 0 Å². The standard InChI is InChI=1S/C23H24F2N2O4S/c24-23(25)31-22-10-7-18-3-1-2-4-20(18)21(22)16-26-15-17-5-8-19(9-6-17)32(28,29)27-11-13-30-14-12-27/h1-10,23,26H,11-16H2. The van der Waals surface area contributed by atoms with Crippen LogP contribution in [0.2, 0.25) is 0 Å². The number of morpholine rings is 1. The molecule has 1 aliphatic rings. The van der Waals surface area contributed by atoms with E-state index >= 15 is 0 Å². The summed E-state index contributed by atoms with van der Waals surface area (Å²) in [5.41, 5.74) is 1.53. The van der Waals surface area contributed by atoms with Crippen LogP contribution in [0.5, 0.6) is 5.75 Å². The molecule has 1 N–H and O–H groups in total. The second-order valence-electron chi connectivity index (χ2n) is 7.41. The molecule has 1 fully saturated rings. The number of benzene rings is 3. The second-order valence-corrected chi connectivity index (χ2v) is 9.34. The Bertz CT molecular complexity index is 1160. The van der Waals surface area contributed by atoms with Crippen molar-refractivity contribution in [1.29, 1.82) is 0 Å². The Labute approximate surface area is 185 Å². The van der Waals surface area contributed by atoms with Gasteiger partial charge in [0.2, 0.25) is 10.0 Å². The molecule has 1 heterocycles. The van der Waals surface area contributed by atoms with E-state index in [1.165, 1.54) is 4.31 Å². The molecule has 0 saturated carbocycles. The van der Waals surface area contributed by atoms with E-state index in [1.807, 2.05) is 24.3 Å². The third-order valence-corrected chi connectivity index (χ3v) is 7.29. The van der Waals surface area contributed by atoms with Gasteiger partial charge < -0.3 is 14.8 Å². The van der Waals surface area contributed by atoms with Gasteiger partial charge in [-0.25, -0.2) is 8.42 Å². The van der Waals surface area contributed by atoms with Gasteiger partial charge in [-0.1, -0.05) is 42.5 Å². The van der Waals surface area contributed by atoms with Crippen molar-refractivity contribution in [3.63, 3.8) is 0 Å². The summed E-state index contributed by atoms with van der Waals surface area (Å²) in [5.74, 6) is 0.137. The van der Waals surface area contributed by atoms with Crippen LogP contribution >= 0.6 is 0 Å². The molecule has 0 unspecified atom stereocenters. The topological polar surface area (TPSA) is 67.9 Å². The molecular formula is C23H24F2N2O4S. The highest BCUT2D eigenvalue weighted by Crippen LogP contribution is 2.29. The number of ether oxygens (including phenoxy) is 2. The highest BCUT2D eigenvalue weighted by molar-refractivity contribution is 7.89. The average molecular weight is 463 g/mol. The van der Waals surface area contributed by atoms with E-state index in [1.54, 1.807) is 36.4 Å². The molecule has 3 aromatic carbocycles. The maximum absolute atomic E-state index is 12.9. The third-order valence-electron chi connectivity index (χ3n) is 5.38. The monoisotopic (exact) mass is 462 g/mol. The van der Waals surface area contributed by atoms with E-state index in [0.29, 0.717) is 45.0 Å². The molecule has 3 aromatic rings. The van der Waals surface area contributed by atoms with Gasteiger partial charge in [-0.3, -0.25) is 0 Å². The number of hydrogen-bond acceptors (Lipinski definition) is 5. The molecule has 0 spiro atoms. The minimum Gasteiger partial charge on any atom is -0.434 e. The molecule has 0 aromatic heterocycles. The van der Waals surface area contributed by atoms with E-state index < -0.39 is 16.6 Å². The first kappa shape index (κ1) is 22.6. The summed E-state index contributed by atoms with van der Waals surface area (Å²) in [7, 11) is -3.54. The second kappa shape index (κ2) is 9.91. The van der Waals surface area contributed by atoms with Gasteiger partial charge in [-0.2, -0.15) is 13.1 Å². The first-order chi connectivity index (χ1) is 15.4. The molecule has 0 atom stereocenters. The summed E-state index contributed by atoms with van der Waals surface area (Å²) in [4.78, 5) is 0.241. The van der Waals surface area contributed by atoms with E-state index in [0.717, 1.165) is 16.3 Å². The van der Waals surface area contributed by atoms with Crippen molar-refractivity contribution in [2.45, 2.75) is 24.6 Å². The lowest BCUT2D eigenvalue weighted by atomic mass is 10.0. The normalized spacial score (nSPS) is 15.3. The number of rotatable bonds is 8. The Hall–Kier alpha value is -2.59. The number of nitrogens with zero attached hydrogens (tertiary/aromatic N) is 1. The van der Waals surface area contributed by atoms with Gasteiger partial charge in [-0.05, 0) is 34.5 Å². The van der Waals surface area contributed by atoms with Crippen LogP contribution in [0.3, 0.4) is 0 Å². The Balaban J connectivity index is 1.45. The van der Waals surface area contributed by atoms with Crippen molar-refractivity contribution in [3.05, 3.63) is 71.8 Å². The third kappa shape index (κ3) is 5.07. The van der Waals surface area contributed by atoms with Gasteiger partial charge in [0.05, 0.1) is 18.1 Å². The zero-order valence-corrected chi connectivity index (χ0v) is 18.2. The number of nitrogens with one attached hydrogen (secondary N) is 1. The predicted molar refractivity (Wildman–Crippen MR) is 117 cm³/mol. The van der Waals surface area contributed by atoms with Crippen molar-refractivity contribution < 1.29 is 26.7 Å². The SMILES string of the molecule is O=S(=O)(c1ccc(CNCc2c(OC(F)F)ccc3ccccc23)cc1)N1CCOCC1. The number of halogens is 2. The summed E-state index contributed by atoms with van der Waals surface area (Å²) in [6.45, 7) is -0.665. The Morgan fingerprint density at radius 1 is 0.969 bits per heavy atom. The maximum atomic E-state index is 12.9. The maximum Gasteiger partial charge on any atom is 0.387 e. The van der Waals surface area contributed by atoms with Crippen LogP contribution < -0.4 is 10.1 Å². The summed E-state index contributed by atoms with van der Waals surface area (Å²) in [6.07, 6.45) is 0. The predicted octanol–water partition coefficient (Wildman–Crippen LogP) is 3.75. The summed E-state index contributed by atoms with van der Waals surface area (Å²) in [5, 5.41) is 5.02. The zero-order chi connectivity index (χ0) is 22.6. The molecule has 6 nitrogen and oxygen atoms in total. The number of sulfonamides is 1. The lowest BCUT2D eigenvalue weighted by Crippen LogP contribution is -2.40. The first-order valence-corrected chi connectivity index (χ1v) is 11.7. The fourth-order valence-electron chi connectivity index (χ4n) is 3.75. The molecule has 0 radical (unpaired) electrons. The molecular weight excluding hydrogens is 438 g/mol. The van der Waals surface area contributed by atoms with E-state index in [9.17, 15) is 17.2 Å². The Morgan fingerprint density at radius 2 is 1.69 bits per heavy atom. The number of alkyl halides is 2. The molecule has 0 bridgehead atoms. The molecule has 32 heavy (non-hydrogen) atoms. The van der Waals surface area contributed by atoms with Crippen LogP contribution in [0, 0.1) is 0 Å². The van der Waals surface area contributed by atoms with E-state index in [-0.39, 0.29) is 10.6 Å². The lowest BCUT2D eigenvalue weighted by Gasteiger charge is -2.26. The molecule has 0 amide bonds. The van der Waals surface area contributed by atoms with Crippen LogP contribution in [0.15, 0.2) is 65.6 Å². The van der Waals surface area contributed by atoms with Crippen LogP contribution in [0.25, 0.3) is 10.8 Å². The minimum absolute atomic E-state index is 0.137. The van der Waals surface area contributed by atoms with E-state index in [4.69, 9.17) is 9.47 Å². The van der Waals surface area contributed by atoms with Crippen LogP contribution in [-0.2, 0) is 27.8 Å². The summed E-state index contributed by atoms with van der Waals surface area (Å²) < 4.78 is 62.5. The Morgan fingerprint density at radius 3 is 2.41 bits per heavy atom. The van der Waals surface area contributed by atoms with Crippen LogP contribution in [0.1, 0.15) is 11.1 Å². The molecule has 1 aliphatic heterocycles. The molecule has 9 heteroatoms. The van der Waals surface area contributed by atoms with Gasteiger partial charge in [0.25, 0.3) is 0 Å². The number of hydrogen-bond donors (Lipinski definition) is 1. The smallest absolute Gasteiger partial charge is 0.387 e. The van der Waals surface area contributed by atoms with Crippen molar-refractivity contribution >= 4 is 20.8 Å². The van der Waals surface area contributed by atoms with Crippen molar-refractivity contribution in [2.75, 3.05) is 26.3 Å². The summed E-state index contributed by atoms with van der Waals surface area (Å²) in [6, 6.07) is 17.5. The van der Waals surface area contributed by atoms with Crippen LogP contribution in [-0.4, -0.2) is 45.6 Å². The minimum atomic E-state index is -3.54. The van der Waals surface area contributed by atoms with Crippen LogP contribution in [0.4, 0.5) is 8.78 Å². The van der Waals surface area contributed by atoms with Crippen molar-refractivity contribution in [3.8, 4) is 5.75 Å². The largest absolute Gasteiger partial charge is 0.434 e. The van der Waals surface area contributed by atoms with Crippen molar-refractivity contribution in [1.82, 2.24) is 9.62 Å². The van der Waals surface area contributed by atoms with E-state index in [2.05, 4.69) is 5.32 Å². The fraction of sp³-hybridized carbons (Fsp3) is 0.304. The number of fused-ring (bicyclic) bond motifs is 1. The molecule has 4 rings (SSSR count). The molecule has 170 valence electrons. The Kier molecular flexibility index (Phi) is 7.00. The summed E-state index contributed by atoms with van der Waals surface area (Å²) >= 11 is 0.